The summed E-state index contributed by atoms with van der Waals surface area (Å²) in [7, 11) is 0. The first-order chi connectivity index (χ1) is 12.9. The Kier molecular flexibility index (Phi) is 5.40. The Balaban J connectivity index is 1.74. The van der Waals surface area contributed by atoms with Gasteiger partial charge in [0.05, 0.1) is 0 Å². The lowest BCUT2D eigenvalue weighted by atomic mass is 9.82. The Hall–Kier alpha value is -2.95. The van der Waals surface area contributed by atoms with Crippen LogP contribution in [-0.4, -0.2) is 21.5 Å². The van der Waals surface area contributed by atoms with Gasteiger partial charge in [0.15, 0.2) is 0 Å². The third kappa shape index (κ3) is 4.42. The van der Waals surface area contributed by atoms with Crippen LogP contribution in [0.25, 0.3) is 11.4 Å². The summed E-state index contributed by atoms with van der Waals surface area (Å²) in [4.78, 5) is 23.5. The molecule has 1 aromatic carbocycles. The van der Waals surface area contributed by atoms with E-state index < -0.39 is 0 Å². The van der Waals surface area contributed by atoms with E-state index in [1.165, 1.54) is 17.2 Å². The number of aromatic amines is 1. The number of nitrogens with zero attached hydrogens (tertiary/aromatic N) is 2. The van der Waals surface area contributed by atoms with Gasteiger partial charge in [-0.3, -0.25) is 4.79 Å². The molecule has 5 heteroatoms. The summed E-state index contributed by atoms with van der Waals surface area (Å²) >= 11 is 0. The fourth-order valence-corrected chi connectivity index (χ4v) is 3.20. The molecule has 0 radical (unpaired) electrons. The van der Waals surface area contributed by atoms with Crippen LogP contribution < -0.4 is 10.9 Å². The average Bonchev–Trinajstić information content (AvgIpc) is 2.66. The Morgan fingerprint density at radius 3 is 2.59 bits per heavy atom. The normalized spacial score (nSPS) is 11.4. The van der Waals surface area contributed by atoms with Crippen LogP contribution in [0.3, 0.4) is 0 Å². The third-order valence-electron chi connectivity index (χ3n) is 4.78. The van der Waals surface area contributed by atoms with Crippen LogP contribution >= 0.6 is 0 Å². The standard InChI is InChI=1S/C22H26N4O/c1-5-17-12-20(27)26-21(25-17)16-10-11-19(23-13-16)24-14-22(3,4)18-9-7-6-8-15(18)2/h6-13H,5,14H2,1-4H3,(H,23,24)(H,25,26,27). The number of aryl methyl sites for hydroxylation is 2. The SMILES string of the molecule is CCc1cc(=O)[nH]c(-c2ccc(NCC(C)(C)c3ccccc3C)nc2)n1. The summed E-state index contributed by atoms with van der Waals surface area (Å²) in [6, 6.07) is 13.8. The minimum absolute atomic E-state index is 0.0199. The second-order valence-electron chi connectivity index (χ2n) is 7.42. The summed E-state index contributed by atoms with van der Waals surface area (Å²) in [6.07, 6.45) is 2.46. The van der Waals surface area contributed by atoms with Crippen LogP contribution in [0.2, 0.25) is 0 Å². The van der Waals surface area contributed by atoms with Crippen LogP contribution in [0, 0.1) is 6.92 Å². The third-order valence-corrected chi connectivity index (χ3v) is 4.78. The second kappa shape index (κ2) is 7.74. The minimum Gasteiger partial charge on any atom is -0.369 e. The van der Waals surface area contributed by atoms with Crippen molar-refractivity contribution in [3.05, 3.63) is 75.8 Å². The van der Waals surface area contributed by atoms with Crippen molar-refractivity contribution in [2.75, 3.05) is 11.9 Å². The maximum absolute atomic E-state index is 11.8. The number of rotatable bonds is 6. The Labute approximate surface area is 159 Å². The van der Waals surface area contributed by atoms with Gasteiger partial charge in [-0.05, 0) is 36.6 Å². The highest BCUT2D eigenvalue weighted by Gasteiger charge is 2.22. The van der Waals surface area contributed by atoms with Crippen molar-refractivity contribution in [2.24, 2.45) is 0 Å². The molecule has 0 saturated heterocycles. The van der Waals surface area contributed by atoms with Gasteiger partial charge in [0.25, 0.3) is 5.56 Å². The highest BCUT2D eigenvalue weighted by atomic mass is 16.1. The highest BCUT2D eigenvalue weighted by molar-refractivity contribution is 5.56. The van der Waals surface area contributed by atoms with Crippen molar-refractivity contribution in [1.29, 1.82) is 0 Å². The van der Waals surface area contributed by atoms with E-state index in [0.717, 1.165) is 30.0 Å². The number of H-pyrrole nitrogens is 1. The topological polar surface area (TPSA) is 70.7 Å². The van der Waals surface area contributed by atoms with Crippen molar-refractivity contribution in [3.63, 3.8) is 0 Å². The lowest BCUT2D eigenvalue weighted by molar-refractivity contribution is 0.552. The highest BCUT2D eigenvalue weighted by Crippen LogP contribution is 2.26. The molecule has 2 heterocycles. The van der Waals surface area contributed by atoms with Crippen molar-refractivity contribution in [2.45, 2.75) is 39.5 Å². The zero-order valence-corrected chi connectivity index (χ0v) is 16.3. The average molecular weight is 362 g/mol. The second-order valence-corrected chi connectivity index (χ2v) is 7.42. The predicted octanol–water partition coefficient (Wildman–Crippen LogP) is 4.09. The first-order valence-electron chi connectivity index (χ1n) is 9.25. The van der Waals surface area contributed by atoms with Crippen LogP contribution in [0.1, 0.15) is 37.6 Å². The first kappa shape index (κ1) is 18.8. The Morgan fingerprint density at radius 1 is 1.15 bits per heavy atom. The molecular formula is C22H26N4O. The van der Waals surface area contributed by atoms with Gasteiger partial charge in [0, 0.05) is 35.5 Å². The van der Waals surface area contributed by atoms with E-state index in [0.29, 0.717) is 5.82 Å². The summed E-state index contributed by atoms with van der Waals surface area (Å²) in [5, 5.41) is 3.42. The summed E-state index contributed by atoms with van der Waals surface area (Å²) in [5.41, 5.74) is 4.03. The van der Waals surface area contributed by atoms with Crippen molar-refractivity contribution in [1.82, 2.24) is 15.0 Å². The lowest BCUT2D eigenvalue weighted by Crippen LogP contribution is -2.28. The zero-order chi connectivity index (χ0) is 19.4. The number of nitrogens with one attached hydrogen (secondary N) is 2. The largest absolute Gasteiger partial charge is 0.369 e. The fraction of sp³-hybridized carbons (Fsp3) is 0.318. The maximum atomic E-state index is 11.8. The molecular weight excluding hydrogens is 336 g/mol. The number of pyridine rings is 1. The smallest absolute Gasteiger partial charge is 0.251 e. The number of hydrogen-bond donors (Lipinski definition) is 2. The van der Waals surface area contributed by atoms with Gasteiger partial charge >= 0.3 is 0 Å². The van der Waals surface area contributed by atoms with Gasteiger partial charge in [-0.2, -0.15) is 0 Å². The molecule has 0 bridgehead atoms. The van der Waals surface area contributed by atoms with Gasteiger partial charge in [-0.15, -0.1) is 0 Å². The van der Waals surface area contributed by atoms with Gasteiger partial charge in [0.1, 0.15) is 11.6 Å². The van der Waals surface area contributed by atoms with E-state index in [9.17, 15) is 4.79 Å². The van der Waals surface area contributed by atoms with Crippen molar-refractivity contribution in [3.8, 4) is 11.4 Å². The Morgan fingerprint density at radius 2 is 1.93 bits per heavy atom. The lowest BCUT2D eigenvalue weighted by Gasteiger charge is -2.27. The number of anilines is 1. The molecule has 2 aromatic heterocycles. The van der Waals surface area contributed by atoms with Gasteiger partial charge < -0.3 is 10.3 Å². The summed E-state index contributed by atoms with van der Waals surface area (Å²) in [6.45, 7) is 9.34. The molecule has 0 aliphatic heterocycles. The monoisotopic (exact) mass is 362 g/mol. The van der Waals surface area contributed by atoms with Gasteiger partial charge in [0.2, 0.25) is 0 Å². The fourth-order valence-electron chi connectivity index (χ4n) is 3.20. The van der Waals surface area contributed by atoms with Crippen molar-refractivity contribution >= 4 is 5.82 Å². The van der Waals surface area contributed by atoms with E-state index in [4.69, 9.17) is 0 Å². The van der Waals surface area contributed by atoms with Crippen molar-refractivity contribution < 1.29 is 0 Å². The Bertz CT molecular complexity index is 974. The van der Waals surface area contributed by atoms with Crippen LogP contribution in [0.5, 0.6) is 0 Å². The summed E-state index contributed by atoms with van der Waals surface area (Å²) in [5.74, 6) is 1.35. The molecule has 0 aliphatic carbocycles. The van der Waals surface area contributed by atoms with E-state index in [1.807, 2.05) is 19.1 Å². The van der Waals surface area contributed by atoms with E-state index in [-0.39, 0.29) is 11.0 Å². The molecule has 27 heavy (non-hydrogen) atoms. The molecule has 0 atom stereocenters. The summed E-state index contributed by atoms with van der Waals surface area (Å²) < 4.78 is 0. The zero-order valence-electron chi connectivity index (χ0n) is 16.3. The van der Waals surface area contributed by atoms with E-state index in [2.05, 4.69) is 65.3 Å². The molecule has 0 fully saturated rings. The van der Waals surface area contributed by atoms with Gasteiger partial charge in [-0.1, -0.05) is 45.0 Å². The first-order valence-corrected chi connectivity index (χ1v) is 9.25. The molecule has 3 aromatic rings. The molecule has 0 spiro atoms. The van der Waals surface area contributed by atoms with Gasteiger partial charge in [-0.25, -0.2) is 9.97 Å². The molecule has 140 valence electrons. The molecule has 0 amide bonds. The van der Waals surface area contributed by atoms with E-state index in [1.54, 1.807) is 6.20 Å². The maximum Gasteiger partial charge on any atom is 0.251 e. The molecule has 2 N–H and O–H groups in total. The quantitative estimate of drug-likeness (QED) is 0.693. The molecule has 5 nitrogen and oxygen atoms in total. The molecule has 3 rings (SSSR count). The number of hydrogen-bond acceptors (Lipinski definition) is 4. The number of benzene rings is 1. The molecule has 0 unspecified atom stereocenters. The molecule has 0 aliphatic rings. The molecule has 0 saturated carbocycles. The number of aromatic nitrogens is 3. The van der Waals surface area contributed by atoms with Crippen LogP contribution in [-0.2, 0) is 11.8 Å². The van der Waals surface area contributed by atoms with E-state index >= 15 is 0 Å². The minimum atomic E-state index is -0.140. The van der Waals surface area contributed by atoms with Crippen LogP contribution in [0.15, 0.2) is 53.5 Å². The van der Waals surface area contributed by atoms with Crippen LogP contribution in [0.4, 0.5) is 5.82 Å². The predicted molar refractivity (Wildman–Crippen MR) is 110 cm³/mol.